The predicted molar refractivity (Wildman–Crippen MR) is 364 cm³/mol. The monoisotopic (exact) mass is 1110 g/mol. The second-order valence-corrected chi connectivity index (χ2v) is 24.7. The number of benzene rings is 14. The van der Waals surface area contributed by atoms with Gasteiger partial charge in [0.25, 0.3) is 0 Å². The molecule has 0 atom stereocenters. The van der Waals surface area contributed by atoms with Crippen molar-refractivity contribution in [2.75, 3.05) is 9.80 Å². The number of nitrogens with zero attached hydrogens (tertiary/aromatic N) is 2. The van der Waals surface area contributed by atoms with E-state index >= 15 is 0 Å². The van der Waals surface area contributed by atoms with Crippen molar-refractivity contribution in [1.29, 1.82) is 0 Å². The van der Waals surface area contributed by atoms with Crippen molar-refractivity contribution < 1.29 is 0 Å². The average Bonchev–Trinajstić information content (AvgIpc) is 1.76. The van der Waals surface area contributed by atoms with Crippen molar-refractivity contribution in [3.05, 3.63) is 326 Å². The summed E-state index contributed by atoms with van der Waals surface area (Å²) in [4.78, 5) is 4.85. The number of hydrogen-bond donors (Lipinski definition) is 0. The van der Waals surface area contributed by atoms with Gasteiger partial charge in [-0.3, -0.25) is 0 Å². The fourth-order valence-corrected chi connectivity index (χ4v) is 17.0. The Bertz CT molecular complexity index is 5320. The zero-order chi connectivity index (χ0) is 55.7. The van der Waals surface area contributed by atoms with E-state index in [9.17, 15) is 0 Å². The van der Waals surface area contributed by atoms with Crippen LogP contribution in [0.25, 0.3) is 106 Å². The molecule has 2 aromatic heterocycles. The van der Waals surface area contributed by atoms with Gasteiger partial charge in [0.15, 0.2) is 0 Å². The summed E-state index contributed by atoms with van der Waals surface area (Å²) in [6.45, 7) is 0. The van der Waals surface area contributed by atoms with Crippen molar-refractivity contribution in [2.45, 2.75) is 5.41 Å². The maximum absolute atomic E-state index is 2.57. The van der Waals surface area contributed by atoms with Gasteiger partial charge in [-0.05, 0) is 185 Å². The van der Waals surface area contributed by atoms with E-state index in [4.69, 9.17) is 0 Å². The number of para-hydroxylation sites is 2. The lowest BCUT2D eigenvalue weighted by atomic mass is 9.69. The minimum absolute atomic E-state index is 0.562. The van der Waals surface area contributed by atoms with E-state index in [1.807, 2.05) is 22.7 Å². The van der Waals surface area contributed by atoms with Crippen LogP contribution in [0.15, 0.2) is 303 Å². The highest BCUT2D eigenvalue weighted by atomic mass is 32.1. The van der Waals surface area contributed by atoms with E-state index in [2.05, 4.69) is 313 Å². The predicted octanol–water partition coefficient (Wildman–Crippen LogP) is 23.3. The smallest absolute Gasteiger partial charge is 0.0726 e. The molecule has 18 rings (SSSR count). The molecule has 0 saturated carbocycles. The van der Waals surface area contributed by atoms with Crippen LogP contribution in [0.2, 0.25) is 0 Å². The van der Waals surface area contributed by atoms with Crippen LogP contribution in [0, 0.1) is 0 Å². The maximum Gasteiger partial charge on any atom is 0.0726 e. The summed E-state index contributed by atoms with van der Waals surface area (Å²) < 4.78 is 5.17. The molecule has 0 fully saturated rings. The van der Waals surface area contributed by atoms with Gasteiger partial charge in [0, 0.05) is 53.7 Å². The third-order valence-corrected chi connectivity index (χ3v) is 20.6. The Morgan fingerprint density at radius 3 is 1.28 bits per heavy atom. The molecule has 0 saturated heterocycles. The van der Waals surface area contributed by atoms with Crippen LogP contribution in [-0.2, 0) is 5.41 Å². The van der Waals surface area contributed by atoms with E-state index in [1.54, 1.807) is 0 Å². The summed E-state index contributed by atoms with van der Waals surface area (Å²) in [6, 6.07) is 113. The van der Waals surface area contributed by atoms with Gasteiger partial charge in [0.1, 0.15) is 0 Å². The fourth-order valence-electron chi connectivity index (χ4n) is 14.6. The molecule has 14 aromatic carbocycles. The van der Waals surface area contributed by atoms with Crippen LogP contribution >= 0.6 is 22.7 Å². The van der Waals surface area contributed by atoms with E-state index in [0.29, 0.717) is 0 Å². The number of fused-ring (bicyclic) bond motifs is 19. The average molecular weight is 1120 g/mol. The lowest BCUT2D eigenvalue weighted by Crippen LogP contribution is -2.26. The molecule has 85 heavy (non-hydrogen) atoms. The van der Waals surface area contributed by atoms with Crippen LogP contribution in [-0.4, -0.2) is 0 Å². The van der Waals surface area contributed by atoms with Crippen LogP contribution in [0.5, 0.6) is 0 Å². The molecular formula is C81H50N2S2. The Kier molecular flexibility index (Phi) is 10.7. The summed E-state index contributed by atoms with van der Waals surface area (Å²) in [5.41, 5.74) is 21.6. The zero-order valence-electron chi connectivity index (χ0n) is 46.1. The molecule has 2 aliphatic rings. The van der Waals surface area contributed by atoms with Crippen molar-refractivity contribution in [3.63, 3.8) is 0 Å². The molecule has 0 amide bonds. The number of hydrogen-bond acceptors (Lipinski definition) is 4. The second-order valence-electron chi connectivity index (χ2n) is 22.6. The number of anilines is 6. The Morgan fingerprint density at radius 2 is 0.706 bits per heavy atom. The highest BCUT2D eigenvalue weighted by molar-refractivity contribution is 7.26. The summed E-state index contributed by atoms with van der Waals surface area (Å²) in [5.74, 6) is 0. The minimum atomic E-state index is -0.562. The zero-order valence-corrected chi connectivity index (χ0v) is 47.7. The second kappa shape index (κ2) is 18.8. The van der Waals surface area contributed by atoms with Crippen molar-refractivity contribution in [1.82, 2.24) is 0 Å². The molecule has 0 unspecified atom stereocenters. The lowest BCUT2D eigenvalue weighted by Gasteiger charge is -2.31. The van der Waals surface area contributed by atoms with Crippen molar-refractivity contribution in [3.8, 4) is 44.5 Å². The number of thiophene rings is 2. The first-order valence-electron chi connectivity index (χ1n) is 29.2. The van der Waals surface area contributed by atoms with Crippen LogP contribution in [0.1, 0.15) is 22.3 Å². The maximum atomic E-state index is 2.57. The Morgan fingerprint density at radius 1 is 0.247 bits per heavy atom. The molecule has 1 spiro atoms. The van der Waals surface area contributed by atoms with Gasteiger partial charge in [-0.1, -0.05) is 206 Å². The minimum Gasteiger partial charge on any atom is -0.309 e. The van der Waals surface area contributed by atoms with Gasteiger partial charge in [0.05, 0.1) is 26.2 Å². The Labute approximate surface area is 500 Å². The van der Waals surface area contributed by atoms with E-state index in [1.165, 1.54) is 140 Å². The standard InChI is InChI=1S/C81H50N2S2/c1-3-19-56(20-4-1)82(74-33-17-29-66-63-26-11-15-35-76(63)84-79(66)74)58-43-39-51(40-44-58)53-37-38-54-48-69-72(49-55(54)47-53)81(70-31-13-9-24-61(70)62-25-10-14-32-71(62)81)73-50-68(60-23-7-8-28-65(60)78(69)73)52-41-45-59(46-42-52)83(57-21-5-2-6-22-57)75-34-18-30-67-64-27-12-16-36-77(64)85-80(67)75/h1-50H. The van der Waals surface area contributed by atoms with Gasteiger partial charge in [0.2, 0.25) is 0 Å². The van der Waals surface area contributed by atoms with Gasteiger partial charge >= 0.3 is 0 Å². The molecule has 0 bridgehead atoms. The Hall–Kier alpha value is -10.4. The SMILES string of the molecule is c1ccc(N(c2ccc(-c3ccc4cc5c(cc4c3)C3(c4ccccc4-c4ccccc43)c3cc(-c4ccc(N(c6ccccc6)c6cccc7c6sc6ccccc67)cc4)c4ccccc4c3-5)cc2)c2cccc3c2sc2ccccc23)cc1. The first-order valence-corrected chi connectivity index (χ1v) is 30.9. The molecule has 396 valence electrons. The molecule has 2 heterocycles. The molecular weight excluding hydrogens is 1070 g/mol. The molecule has 4 heteroatoms. The molecule has 0 N–H and O–H groups in total. The third-order valence-electron chi connectivity index (χ3n) is 18.2. The molecule has 0 radical (unpaired) electrons. The molecule has 16 aromatic rings. The highest BCUT2D eigenvalue weighted by Gasteiger charge is 2.52. The third kappa shape index (κ3) is 7.17. The topological polar surface area (TPSA) is 6.48 Å². The van der Waals surface area contributed by atoms with E-state index in [-0.39, 0.29) is 0 Å². The van der Waals surface area contributed by atoms with Gasteiger partial charge in [-0.2, -0.15) is 0 Å². The first kappa shape index (κ1) is 48.2. The van der Waals surface area contributed by atoms with Crippen molar-refractivity contribution >= 4 is 119 Å². The van der Waals surface area contributed by atoms with E-state index < -0.39 is 5.41 Å². The fraction of sp³-hybridized carbons (Fsp3) is 0.0123. The van der Waals surface area contributed by atoms with Gasteiger partial charge in [-0.25, -0.2) is 0 Å². The lowest BCUT2D eigenvalue weighted by molar-refractivity contribution is 0.796. The molecule has 0 aliphatic heterocycles. The summed E-state index contributed by atoms with van der Waals surface area (Å²) >= 11 is 3.74. The highest BCUT2D eigenvalue weighted by Crippen LogP contribution is 2.65. The normalized spacial score (nSPS) is 12.8. The summed E-state index contributed by atoms with van der Waals surface area (Å²) in [7, 11) is 0. The van der Waals surface area contributed by atoms with Crippen molar-refractivity contribution in [2.24, 2.45) is 0 Å². The number of rotatable bonds is 8. The van der Waals surface area contributed by atoms with Crippen LogP contribution in [0.4, 0.5) is 34.1 Å². The van der Waals surface area contributed by atoms with Crippen LogP contribution < -0.4 is 9.80 Å². The van der Waals surface area contributed by atoms with E-state index in [0.717, 1.165) is 22.7 Å². The summed E-state index contributed by atoms with van der Waals surface area (Å²) in [6.07, 6.45) is 0. The summed E-state index contributed by atoms with van der Waals surface area (Å²) in [5, 5.41) is 10.1. The molecule has 2 aliphatic carbocycles. The molecule has 2 nitrogen and oxygen atoms in total. The largest absolute Gasteiger partial charge is 0.309 e. The first-order chi connectivity index (χ1) is 42.2. The quantitative estimate of drug-likeness (QED) is 0.150. The Balaban J connectivity index is 0.784. The van der Waals surface area contributed by atoms with Crippen LogP contribution in [0.3, 0.4) is 0 Å². The van der Waals surface area contributed by atoms with Gasteiger partial charge in [-0.15, -0.1) is 22.7 Å². The van der Waals surface area contributed by atoms with Gasteiger partial charge < -0.3 is 9.80 Å².